The first-order valence-corrected chi connectivity index (χ1v) is 9.66. The number of hydrogen-bond donors (Lipinski definition) is 2. The van der Waals surface area contributed by atoms with E-state index >= 15 is 0 Å². The number of nitrogens with two attached hydrogens (primary N) is 1. The van der Waals surface area contributed by atoms with E-state index in [2.05, 4.69) is 18.4 Å². The van der Waals surface area contributed by atoms with Crippen LogP contribution in [0.3, 0.4) is 0 Å². The first-order chi connectivity index (χ1) is 10.3. The van der Waals surface area contributed by atoms with Crippen molar-refractivity contribution in [2.24, 2.45) is 5.84 Å². The molecule has 0 aliphatic heterocycles. The number of unbranched alkanes of at least 4 members (excludes halogenated alkanes) is 8. The fourth-order valence-electron chi connectivity index (χ4n) is 2.65. The number of nitrogens with one attached hydrogen (secondary N) is 1. The highest BCUT2D eigenvalue weighted by Gasteiger charge is 2.09. The Balaban J connectivity index is 1.99. The highest BCUT2D eigenvalue weighted by Crippen LogP contribution is 2.23. The van der Waals surface area contributed by atoms with Gasteiger partial charge in [0.25, 0.3) is 0 Å². The van der Waals surface area contributed by atoms with E-state index in [9.17, 15) is 0 Å². The third kappa shape index (κ3) is 9.51. The molecule has 1 heterocycles. The summed E-state index contributed by atoms with van der Waals surface area (Å²) < 4.78 is 0.865. The number of hydrogen-bond acceptors (Lipinski definition) is 3. The van der Waals surface area contributed by atoms with Gasteiger partial charge in [-0.2, -0.15) is 0 Å². The van der Waals surface area contributed by atoms with Crippen molar-refractivity contribution < 1.29 is 0 Å². The fourth-order valence-corrected chi connectivity index (χ4v) is 3.82. The van der Waals surface area contributed by atoms with Gasteiger partial charge in [0.1, 0.15) is 0 Å². The second-order valence-corrected chi connectivity index (χ2v) is 7.69. The zero-order valence-corrected chi connectivity index (χ0v) is 14.9. The Morgan fingerprint density at radius 3 is 2.19 bits per heavy atom. The quantitative estimate of drug-likeness (QED) is 0.277. The van der Waals surface area contributed by atoms with Crippen molar-refractivity contribution in [2.75, 3.05) is 0 Å². The molecule has 0 aromatic carbocycles. The number of thiophene rings is 1. The lowest BCUT2D eigenvalue weighted by Gasteiger charge is -2.14. The Hall–Kier alpha value is -0.0900. The Morgan fingerprint density at radius 2 is 1.67 bits per heavy atom. The smallest absolute Gasteiger partial charge is 0.0931 e. The van der Waals surface area contributed by atoms with Crippen LogP contribution in [0.5, 0.6) is 0 Å². The maximum absolute atomic E-state index is 5.96. The van der Waals surface area contributed by atoms with Gasteiger partial charge in [-0.25, -0.2) is 0 Å². The lowest BCUT2D eigenvalue weighted by Crippen LogP contribution is -2.36. The topological polar surface area (TPSA) is 38.0 Å². The molecule has 1 unspecified atom stereocenters. The molecule has 1 rings (SSSR count). The van der Waals surface area contributed by atoms with Gasteiger partial charge in [0, 0.05) is 10.9 Å². The molecule has 122 valence electrons. The van der Waals surface area contributed by atoms with Crippen molar-refractivity contribution >= 4 is 22.9 Å². The molecule has 0 saturated heterocycles. The van der Waals surface area contributed by atoms with Crippen LogP contribution in [-0.2, 0) is 6.42 Å². The van der Waals surface area contributed by atoms with Crippen LogP contribution in [0.2, 0.25) is 4.34 Å². The minimum atomic E-state index is 0.379. The van der Waals surface area contributed by atoms with Gasteiger partial charge in [0.15, 0.2) is 0 Å². The largest absolute Gasteiger partial charge is 0.271 e. The first-order valence-electron chi connectivity index (χ1n) is 8.46. The summed E-state index contributed by atoms with van der Waals surface area (Å²) in [5.41, 5.74) is 2.95. The third-order valence-corrected chi connectivity index (χ3v) is 5.22. The van der Waals surface area contributed by atoms with Crippen LogP contribution < -0.4 is 11.3 Å². The molecule has 2 nitrogen and oxygen atoms in total. The van der Waals surface area contributed by atoms with Crippen molar-refractivity contribution in [1.82, 2.24) is 5.43 Å². The van der Waals surface area contributed by atoms with E-state index in [1.807, 2.05) is 6.07 Å². The normalized spacial score (nSPS) is 12.7. The molecule has 0 spiro atoms. The molecule has 0 saturated carbocycles. The van der Waals surface area contributed by atoms with Gasteiger partial charge in [0.05, 0.1) is 4.34 Å². The maximum Gasteiger partial charge on any atom is 0.0931 e. The monoisotopic (exact) mass is 330 g/mol. The summed E-state index contributed by atoms with van der Waals surface area (Å²) >= 11 is 7.62. The zero-order chi connectivity index (χ0) is 15.3. The van der Waals surface area contributed by atoms with E-state index in [0.29, 0.717) is 6.04 Å². The van der Waals surface area contributed by atoms with Crippen LogP contribution in [0.25, 0.3) is 0 Å². The van der Waals surface area contributed by atoms with E-state index < -0.39 is 0 Å². The van der Waals surface area contributed by atoms with E-state index in [4.69, 9.17) is 17.4 Å². The summed E-state index contributed by atoms with van der Waals surface area (Å²) in [6, 6.07) is 4.45. The molecule has 0 fully saturated rings. The molecule has 0 radical (unpaired) electrons. The van der Waals surface area contributed by atoms with Crippen LogP contribution in [0.1, 0.15) is 76.0 Å². The lowest BCUT2D eigenvalue weighted by atomic mass is 10.0. The molecule has 21 heavy (non-hydrogen) atoms. The molecule has 1 aromatic heterocycles. The minimum Gasteiger partial charge on any atom is -0.271 e. The molecular formula is C17H31ClN2S. The lowest BCUT2D eigenvalue weighted by molar-refractivity contribution is 0.460. The van der Waals surface area contributed by atoms with Gasteiger partial charge in [-0.15, -0.1) is 11.3 Å². The van der Waals surface area contributed by atoms with Crippen molar-refractivity contribution in [3.63, 3.8) is 0 Å². The molecule has 0 aliphatic carbocycles. The van der Waals surface area contributed by atoms with Crippen LogP contribution in [-0.4, -0.2) is 6.04 Å². The average Bonchev–Trinajstić information content (AvgIpc) is 2.89. The van der Waals surface area contributed by atoms with Gasteiger partial charge >= 0.3 is 0 Å². The van der Waals surface area contributed by atoms with Crippen LogP contribution in [0, 0.1) is 0 Å². The van der Waals surface area contributed by atoms with E-state index in [1.54, 1.807) is 11.3 Å². The number of rotatable bonds is 13. The maximum atomic E-state index is 5.96. The van der Waals surface area contributed by atoms with Gasteiger partial charge < -0.3 is 0 Å². The molecule has 1 aromatic rings. The van der Waals surface area contributed by atoms with Gasteiger partial charge in [0.2, 0.25) is 0 Å². The van der Waals surface area contributed by atoms with E-state index in [0.717, 1.165) is 17.2 Å². The number of halogens is 1. The van der Waals surface area contributed by atoms with Crippen LogP contribution in [0.4, 0.5) is 0 Å². The summed E-state index contributed by atoms with van der Waals surface area (Å²) in [5, 5.41) is 0. The number of hydrazine groups is 1. The Labute approximate surface area is 139 Å². The Kier molecular flexibility index (Phi) is 11.2. The van der Waals surface area contributed by atoms with Crippen molar-refractivity contribution in [3.05, 3.63) is 21.3 Å². The summed E-state index contributed by atoms with van der Waals surface area (Å²) in [6.07, 6.45) is 14.5. The van der Waals surface area contributed by atoms with Crippen LogP contribution >= 0.6 is 22.9 Å². The summed E-state index contributed by atoms with van der Waals surface area (Å²) in [5.74, 6) is 5.66. The van der Waals surface area contributed by atoms with Gasteiger partial charge in [-0.1, -0.05) is 76.3 Å². The molecule has 0 bridgehead atoms. The molecular weight excluding hydrogens is 300 g/mol. The average molecular weight is 331 g/mol. The zero-order valence-electron chi connectivity index (χ0n) is 13.4. The van der Waals surface area contributed by atoms with Crippen molar-refractivity contribution in [3.8, 4) is 0 Å². The fraction of sp³-hybridized carbons (Fsp3) is 0.765. The first kappa shape index (κ1) is 19.0. The van der Waals surface area contributed by atoms with Crippen LogP contribution in [0.15, 0.2) is 12.1 Å². The van der Waals surface area contributed by atoms with Gasteiger partial charge in [-0.3, -0.25) is 11.3 Å². The standard InChI is InChI=1S/C17H31ClN2S/c1-2-3-4-5-6-7-8-9-10-11-15(20-19)14-16-12-13-17(18)21-16/h12-13,15,20H,2-11,14,19H2,1H3. The molecule has 0 aliphatic rings. The third-order valence-electron chi connectivity index (χ3n) is 3.97. The molecule has 1 atom stereocenters. The van der Waals surface area contributed by atoms with Crippen molar-refractivity contribution in [2.45, 2.75) is 83.6 Å². The van der Waals surface area contributed by atoms with E-state index in [1.165, 1.54) is 62.7 Å². The summed E-state index contributed by atoms with van der Waals surface area (Å²) in [6.45, 7) is 2.27. The summed E-state index contributed by atoms with van der Waals surface area (Å²) in [7, 11) is 0. The molecule has 4 heteroatoms. The highest BCUT2D eigenvalue weighted by molar-refractivity contribution is 7.16. The van der Waals surface area contributed by atoms with Gasteiger partial charge in [-0.05, 0) is 25.0 Å². The Bertz CT molecular complexity index is 354. The SMILES string of the molecule is CCCCCCCCCCCC(Cc1ccc(Cl)s1)NN. The highest BCUT2D eigenvalue weighted by atomic mass is 35.5. The second-order valence-electron chi connectivity index (χ2n) is 5.89. The second kappa shape index (κ2) is 12.5. The van der Waals surface area contributed by atoms with Crippen molar-refractivity contribution in [1.29, 1.82) is 0 Å². The predicted molar refractivity (Wildman–Crippen MR) is 96.0 cm³/mol. The van der Waals surface area contributed by atoms with E-state index in [-0.39, 0.29) is 0 Å². The minimum absolute atomic E-state index is 0.379. The summed E-state index contributed by atoms with van der Waals surface area (Å²) in [4.78, 5) is 1.32. The molecule has 3 N–H and O–H groups in total. The Morgan fingerprint density at radius 1 is 1.05 bits per heavy atom. The predicted octanol–water partition coefficient (Wildman–Crippen LogP) is 5.70. The molecule has 0 amide bonds.